The van der Waals surface area contributed by atoms with Gasteiger partial charge in [0.25, 0.3) is 5.56 Å². The van der Waals surface area contributed by atoms with E-state index in [1.165, 1.54) is 4.57 Å². The monoisotopic (exact) mass is 282 g/mol. The molecule has 0 aliphatic carbocycles. The summed E-state index contributed by atoms with van der Waals surface area (Å²) in [6.07, 6.45) is 1.03. The Morgan fingerprint density at radius 2 is 2.05 bits per heavy atom. The number of imidazole rings is 1. The van der Waals surface area contributed by atoms with Crippen LogP contribution in [0.5, 0.6) is 0 Å². The molecule has 0 saturated carbocycles. The highest BCUT2D eigenvalue weighted by molar-refractivity contribution is 7.99. The van der Waals surface area contributed by atoms with Gasteiger partial charge in [-0.25, -0.2) is 9.78 Å². The van der Waals surface area contributed by atoms with Crippen LogP contribution in [0.2, 0.25) is 0 Å². The average Bonchev–Trinajstić information content (AvgIpc) is 2.73. The fraction of sp³-hybridized carbons (Fsp3) is 0.583. The van der Waals surface area contributed by atoms with E-state index in [-0.39, 0.29) is 11.6 Å². The van der Waals surface area contributed by atoms with Gasteiger partial charge in [0, 0.05) is 18.8 Å². The van der Waals surface area contributed by atoms with Crippen molar-refractivity contribution in [2.45, 2.75) is 38.4 Å². The van der Waals surface area contributed by atoms with Gasteiger partial charge < -0.3 is 4.57 Å². The molecule has 2 heterocycles. The van der Waals surface area contributed by atoms with Crippen LogP contribution < -0.4 is 11.2 Å². The third-order valence-electron chi connectivity index (χ3n) is 2.87. The molecule has 0 unspecified atom stereocenters. The maximum Gasteiger partial charge on any atom is 0.329 e. The summed E-state index contributed by atoms with van der Waals surface area (Å²) >= 11 is 1.61. The molecule has 0 radical (unpaired) electrons. The zero-order valence-electron chi connectivity index (χ0n) is 11.6. The van der Waals surface area contributed by atoms with Crippen LogP contribution in [0, 0.1) is 0 Å². The van der Waals surface area contributed by atoms with E-state index in [0.29, 0.717) is 11.2 Å². The Labute approximate surface area is 114 Å². The third-order valence-corrected chi connectivity index (χ3v) is 4.03. The van der Waals surface area contributed by atoms with E-state index in [1.54, 1.807) is 18.8 Å². The Balaban J connectivity index is 2.81. The first-order valence-electron chi connectivity index (χ1n) is 6.31. The van der Waals surface area contributed by atoms with Gasteiger partial charge in [-0.3, -0.25) is 14.3 Å². The van der Waals surface area contributed by atoms with Crippen LogP contribution in [0.3, 0.4) is 0 Å². The number of hydrogen-bond acceptors (Lipinski definition) is 4. The minimum absolute atomic E-state index is 0.114. The number of hydrogen-bond donors (Lipinski definition) is 1. The van der Waals surface area contributed by atoms with Crippen LogP contribution in [0.25, 0.3) is 11.2 Å². The summed E-state index contributed by atoms with van der Waals surface area (Å²) in [5.74, 6) is 0.932. The van der Waals surface area contributed by atoms with Gasteiger partial charge in [0.1, 0.15) is 0 Å². The van der Waals surface area contributed by atoms with Crippen LogP contribution in [-0.2, 0) is 7.05 Å². The Bertz CT molecular complexity index is 711. The summed E-state index contributed by atoms with van der Waals surface area (Å²) in [6, 6.07) is 0.114. The molecule has 19 heavy (non-hydrogen) atoms. The Morgan fingerprint density at radius 3 is 2.63 bits per heavy atom. The van der Waals surface area contributed by atoms with Crippen LogP contribution in [-0.4, -0.2) is 24.9 Å². The van der Waals surface area contributed by atoms with E-state index in [0.717, 1.165) is 17.3 Å². The topological polar surface area (TPSA) is 72.7 Å². The zero-order chi connectivity index (χ0) is 14.2. The van der Waals surface area contributed by atoms with E-state index in [2.05, 4.69) is 16.9 Å². The number of H-pyrrole nitrogens is 1. The standard InChI is InChI=1S/C12H18N4O2S/c1-5-6-19-12-13-9-8(16(12)7(2)3)10(17)14-11(18)15(9)4/h7H,5-6H2,1-4H3,(H,14,17,18). The van der Waals surface area contributed by atoms with Crippen LogP contribution in [0.1, 0.15) is 33.2 Å². The van der Waals surface area contributed by atoms with E-state index in [9.17, 15) is 9.59 Å². The lowest BCUT2D eigenvalue weighted by atomic mass is 10.4. The Kier molecular flexibility index (Phi) is 3.84. The molecule has 0 aliphatic rings. The number of aromatic nitrogens is 4. The molecule has 0 aromatic carbocycles. The number of nitrogens with zero attached hydrogens (tertiary/aromatic N) is 3. The number of fused-ring (bicyclic) bond motifs is 1. The fourth-order valence-electron chi connectivity index (χ4n) is 1.96. The summed E-state index contributed by atoms with van der Waals surface area (Å²) in [5, 5.41) is 0.790. The largest absolute Gasteiger partial charge is 0.329 e. The lowest BCUT2D eigenvalue weighted by molar-refractivity contribution is 0.564. The summed E-state index contributed by atoms with van der Waals surface area (Å²) in [7, 11) is 1.62. The van der Waals surface area contributed by atoms with Gasteiger partial charge in [0.05, 0.1) is 0 Å². The lowest BCUT2D eigenvalue weighted by Crippen LogP contribution is -2.29. The molecule has 2 rings (SSSR count). The molecule has 0 atom stereocenters. The van der Waals surface area contributed by atoms with Crippen LogP contribution >= 0.6 is 11.8 Å². The highest BCUT2D eigenvalue weighted by Gasteiger charge is 2.18. The third kappa shape index (κ3) is 2.34. The number of thioether (sulfide) groups is 1. The van der Waals surface area contributed by atoms with E-state index in [4.69, 9.17) is 0 Å². The van der Waals surface area contributed by atoms with Crippen molar-refractivity contribution in [3.8, 4) is 0 Å². The van der Waals surface area contributed by atoms with Gasteiger partial charge in [-0.1, -0.05) is 18.7 Å². The van der Waals surface area contributed by atoms with Crippen molar-refractivity contribution >= 4 is 22.9 Å². The quantitative estimate of drug-likeness (QED) is 0.863. The molecule has 0 fully saturated rings. The fourth-order valence-corrected chi connectivity index (χ4v) is 2.94. The SMILES string of the molecule is CCCSc1nc2c(c(=O)[nH]c(=O)n2C)n1C(C)C. The van der Waals surface area contributed by atoms with Gasteiger partial charge in [0.15, 0.2) is 16.3 Å². The Hall–Kier alpha value is -1.50. The minimum atomic E-state index is -0.432. The summed E-state index contributed by atoms with van der Waals surface area (Å²) < 4.78 is 3.28. The highest BCUT2D eigenvalue weighted by atomic mass is 32.2. The molecule has 7 heteroatoms. The predicted molar refractivity (Wildman–Crippen MR) is 77.0 cm³/mol. The first-order valence-corrected chi connectivity index (χ1v) is 7.30. The van der Waals surface area contributed by atoms with Gasteiger partial charge in [0.2, 0.25) is 0 Å². The Morgan fingerprint density at radius 1 is 1.37 bits per heavy atom. The van der Waals surface area contributed by atoms with Gasteiger partial charge in [-0.15, -0.1) is 0 Å². The second kappa shape index (κ2) is 5.24. The molecule has 0 saturated heterocycles. The molecule has 2 aromatic rings. The zero-order valence-corrected chi connectivity index (χ0v) is 12.4. The molecule has 0 aliphatic heterocycles. The second-order valence-electron chi connectivity index (χ2n) is 4.70. The molecule has 6 nitrogen and oxygen atoms in total. The van der Waals surface area contributed by atoms with Crippen molar-refractivity contribution in [2.24, 2.45) is 7.05 Å². The number of nitrogens with one attached hydrogen (secondary N) is 1. The maximum atomic E-state index is 12.0. The summed E-state index contributed by atoms with van der Waals surface area (Å²) in [5.41, 5.74) is 0.109. The highest BCUT2D eigenvalue weighted by Crippen LogP contribution is 2.25. The summed E-state index contributed by atoms with van der Waals surface area (Å²) in [4.78, 5) is 30.4. The molecule has 0 bridgehead atoms. The normalized spacial score (nSPS) is 11.6. The van der Waals surface area contributed by atoms with Gasteiger partial charge >= 0.3 is 5.69 Å². The second-order valence-corrected chi connectivity index (χ2v) is 5.76. The average molecular weight is 282 g/mol. The first-order chi connectivity index (χ1) is 8.97. The van der Waals surface area contributed by atoms with E-state index < -0.39 is 5.69 Å². The van der Waals surface area contributed by atoms with Crippen LogP contribution in [0.15, 0.2) is 14.7 Å². The molecule has 1 N–H and O–H groups in total. The molecular weight excluding hydrogens is 264 g/mol. The van der Waals surface area contributed by atoms with E-state index >= 15 is 0 Å². The number of aryl methyl sites for hydroxylation is 1. The molecular formula is C12H18N4O2S. The van der Waals surface area contributed by atoms with Crippen molar-refractivity contribution in [3.05, 3.63) is 20.8 Å². The van der Waals surface area contributed by atoms with Gasteiger partial charge in [-0.05, 0) is 20.3 Å². The molecule has 0 spiro atoms. The van der Waals surface area contributed by atoms with Crippen molar-refractivity contribution in [3.63, 3.8) is 0 Å². The predicted octanol–water partition coefficient (Wildman–Crippen LogP) is 1.51. The van der Waals surface area contributed by atoms with Crippen molar-refractivity contribution < 1.29 is 0 Å². The van der Waals surface area contributed by atoms with Crippen molar-refractivity contribution in [1.82, 2.24) is 19.1 Å². The van der Waals surface area contributed by atoms with E-state index in [1.807, 2.05) is 18.4 Å². The smallest absolute Gasteiger partial charge is 0.311 e. The molecule has 104 valence electrons. The van der Waals surface area contributed by atoms with Crippen molar-refractivity contribution in [1.29, 1.82) is 0 Å². The number of rotatable bonds is 4. The molecule has 0 amide bonds. The minimum Gasteiger partial charge on any atom is -0.311 e. The number of aromatic amines is 1. The maximum absolute atomic E-state index is 12.0. The van der Waals surface area contributed by atoms with Gasteiger partial charge in [-0.2, -0.15) is 0 Å². The molecule has 2 aromatic heterocycles. The van der Waals surface area contributed by atoms with Crippen LogP contribution in [0.4, 0.5) is 0 Å². The van der Waals surface area contributed by atoms with Crippen molar-refractivity contribution in [2.75, 3.05) is 5.75 Å². The first kappa shape index (κ1) is 13.9. The lowest BCUT2D eigenvalue weighted by Gasteiger charge is -2.11. The summed E-state index contributed by atoms with van der Waals surface area (Å²) in [6.45, 7) is 6.10.